The highest BCUT2D eigenvalue weighted by atomic mass is 16.7. The lowest BCUT2D eigenvalue weighted by Crippen LogP contribution is -2.54. The number of guanidine groups is 1. The van der Waals surface area contributed by atoms with Crippen molar-refractivity contribution in [2.75, 3.05) is 6.61 Å². The maximum Gasteiger partial charge on any atom is 0.442 e. The zero-order valence-electron chi connectivity index (χ0n) is 14.9. The first-order valence-corrected chi connectivity index (χ1v) is 7.31. The van der Waals surface area contributed by atoms with Crippen molar-refractivity contribution < 1.29 is 23.9 Å². The summed E-state index contributed by atoms with van der Waals surface area (Å²) in [4.78, 5) is 29.2. The molecule has 0 aromatic rings. The summed E-state index contributed by atoms with van der Waals surface area (Å²) in [5.74, 6) is 4.84. The summed E-state index contributed by atoms with van der Waals surface area (Å²) in [6.45, 7) is 11.9. The summed E-state index contributed by atoms with van der Waals surface area (Å²) in [7, 11) is 0. The van der Waals surface area contributed by atoms with E-state index in [0.717, 1.165) is 0 Å². The zero-order chi connectivity index (χ0) is 18.4. The largest absolute Gasteiger partial charge is 0.442 e. The summed E-state index contributed by atoms with van der Waals surface area (Å²) in [5, 5.41) is 8.81. The molecule has 0 fully saturated rings. The number of hydrazine groups is 1. The quantitative estimate of drug-likeness (QED) is 0.270. The highest BCUT2D eigenvalue weighted by Crippen LogP contribution is 2.13. The van der Waals surface area contributed by atoms with Crippen LogP contribution in [0.25, 0.3) is 0 Å². The van der Waals surface area contributed by atoms with Crippen molar-refractivity contribution in [3.8, 4) is 0 Å². The molecule has 0 aliphatic carbocycles. The lowest BCUT2D eigenvalue weighted by molar-refractivity contribution is -0.107. The van der Waals surface area contributed by atoms with Gasteiger partial charge in [0, 0.05) is 0 Å². The number of nitrogens with one attached hydrogen (secondary N) is 1. The van der Waals surface area contributed by atoms with Crippen LogP contribution in [0.5, 0.6) is 0 Å². The lowest BCUT2D eigenvalue weighted by atomic mass is 10.2. The Morgan fingerprint density at radius 3 is 1.83 bits per heavy atom. The number of nitrogens with zero attached hydrogens (tertiary/aromatic N) is 2. The Balaban J connectivity index is 5.12. The van der Waals surface area contributed by atoms with Crippen LogP contribution in [-0.4, -0.2) is 46.0 Å². The molecule has 0 heterocycles. The van der Waals surface area contributed by atoms with E-state index in [4.69, 9.17) is 25.6 Å². The lowest BCUT2D eigenvalue weighted by Gasteiger charge is -2.30. The molecule has 23 heavy (non-hydrogen) atoms. The molecule has 0 saturated carbocycles. The molecule has 0 aromatic carbocycles. The molecule has 0 bridgehead atoms. The monoisotopic (exact) mass is 332 g/mol. The molecule has 0 radical (unpaired) electrons. The first-order valence-electron chi connectivity index (χ1n) is 7.31. The fourth-order valence-electron chi connectivity index (χ4n) is 1.18. The summed E-state index contributed by atoms with van der Waals surface area (Å²) in [5.41, 5.74) is -1.59. The highest BCUT2D eigenvalue weighted by molar-refractivity contribution is 5.98. The second-order valence-electron chi connectivity index (χ2n) is 6.78. The van der Waals surface area contributed by atoms with Crippen LogP contribution in [0.1, 0.15) is 54.9 Å². The molecule has 0 atom stereocenters. The predicted molar refractivity (Wildman–Crippen MR) is 84.3 cm³/mol. The third kappa shape index (κ3) is 8.36. The summed E-state index contributed by atoms with van der Waals surface area (Å²) in [6.07, 6.45) is -1.35. The number of amides is 2. The van der Waals surface area contributed by atoms with Crippen LogP contribution in [0.3, 0.4) is 0 Å². The van der Waals surface area contributed by atoms with Gasteiger partial charge in [-0.1, -0.05) is 6.92 Å². The van der Waals surface area contributed by atoms with E-state index in [1.165, 1.54) is 0 Å². The Morgan fingerprint density at radius 1 is 1.00 bits per heavy atom. The van der Waals surface area contributed by atoms with E-state index in [1.807, 2.05) is 6.92 Å². The van der Waals surface area contributed by atoms with Crippen molar-refractivity contribution in [1.29, 1.82) is 5.41 Å². The molecule has 0 rings (SSSR count). The number of hydroxylamine groups is 2. The van der Waals surface area contributed by atoms with E-state index in [2.05, 4.69) is 0 Å². The van der Waals surface area contributed by atoms with Crippen LogP contribution >= 0.6 is 0 Å². The maximum absolute atomic E-state index is 12.1. The van der Waals surface area contributed by atoms with Gasteiger partial charge < -0.3 is 9.47 Å². The molecule has 0 aliphatic heterocycles. The first kappa shape index (κ1) is 21.1. The van der Waals surface area contributed by atoms with E-state index in [0.29, 0.717) is 16.5 Å². The molecular weight excluding hydrogens is 304 g/mol. The van der Waals surface area contributed by atoms with Crippen molar-refractivity contribution in [2.45, 2.75) is 66.1 Å². The standard InChI is InChI=1S/C14H28N4O5/c1-8-9-21-18(12(20)23-14(5,6)7)10(15)17(16)11(19)22-13(2,3)4/h15H,8-9,16H2,1-7H3. The van der Waals surface area contributed by atoms with Gasteiger partial charge in [-0.15, -0.1) is 5.06 Å². The molecule has 0 aliphatic rings. The molecule has 9 nitrogen and oxygen atoms in total. The molecule has 0 aromatic heterocycles. The van der Waals surface area contributed by atoms with Gasteiger partial charge in [-0.2, -0.15) is 5.01 Å². The molecule has 9 heteroatoms. The highest BCUT2D eigenvalue weighted by Gasteiger charge is 2.32. The molecule has 134 valence electrons. The number of nitrogens with two attached hydrogens (primary N) is 1. The van der Waals surface area contributed by atoms with E-state index in [9.17, 15) is 9.59 Å². The van der Waals surface area contributed by atoms with Gasteiger partial charge in [-0.3, -0.25) is 10.2 Å². The number of carbonyl (C=O) groups excluding carboxylic acids is 2. The Bertz CT molecular complexity index is 439. The topological polar surface area (TPSA) is 118 Å². The molecular formula is C14H28N4O5. The number of hydrogen-bond acceptors (Lipinski definition) is 7. The molecule has 0 saturated heterocycles. The van der Waals surface area contributed by atoms with Crippen LogP contribution in [0.4, 0.5) is 9.59 Å². The third-order valence-electron chi connectivity index (χ3n) is 1.99. The number of rotatable bonds is 3. The fourth-order valence-corrected chi connectivity index (χ4v) is 1.18. The van der Waals surface area contributed by atoms with Crippen LogP contribution in [0, 0.1) is 5.41 Å². The van der Waals surface area contributed by atoms with Gasteiger partial charge in [-0.25, -0.2) is 15.4 Å². The van der Waals surface area contributed by atoms with Crippen molar-refractivity contribution in [1.82, 2.24) is 10.1 Å². The SMILES string of the molecule is CCCON(C(=N)N(N)C(=O)OC(C)(C)C)C(=O)OC(C)(C)C. The minimum absolute atomic E-state index is 0.143. The first-order chi connectivity index (χ1) is 10.3. The predicted octanol–water partition coefficient (Wildman–Crippen LogP) is 2.61. The van der Waals surface area contributed by atoms with E-state index >= 15 is 0 Å². The molecule has 3 N–H and O–H groups in total. The molecule has 0 unspecified atom stereocenters. The number of carbonyl (C=O) groups is 2. The van der Waals surface area contributed by atoms with Crippen molar-refractivity contribution >= 4 is 18.1 Å². The third-order valence-corrected chi connectivity index (χ3v) is 1.99. The average molecular weight is 332 g/mol. The van der Waals surface area contributed by atoms with Crippen LogP contribution < -0.4 is 5.84 Å². The van der Waals surface area contributed by atoms with Crippen LogP contribution in [0.2, 0.25) is 0 Å². The minimum Gasteiger partial charge on any atom is -0.442 e. The Labute approximate surface area is 137 Å². The van der Waals surface area contributed by atoms with Gasteiger partial charge in [0.15, 0.2) is 0 Å². The summed E-state index contributed by atoms with van der Waals surface area (Å²) < 4.78 is 10.2. The van der Waals surface area contributed by atoms with Gasteiger partial charge in [-0.05, 0) is 48.0 Å². The van der Waals surface area contributed by atoms with E-state index in [1.54, 1.807) is 41.5 Å². The van der Waals surface area contributed by atoms with Gasteiger partial charge >= 0.3 is 12.2 Å². The fraction of sp³-hybridized carbons (Fsp3) is 0.786. The van der Waals surface area contributed by atoms with E-state index < -0.39 is 29.3 Å². The van der Waals surface area contributed by atoms with E-state index in [-0.39, 0.29) is 6.61 Å². The second-order valence-corrected chi connectivity index (χ2v) is 6.78. The molecule has 0 spiro atoms. The van der Waals surface area contributed by atoms with Gasteiger partial charge in [0.2, 0.25) is 0 Å². The second kappa shape index (κ2) is 8.11. The smallest absolute Gasteiger partial charge is 0.442 e. The number of ether oxygens (including phenoxy) is 2. The molecule has 2 amide bonds. The van der Waals surface area contributed by atoms with Crippen molar-refractivity contribution in [3.63, 3.8) is 0 Å². The minimum atomic E-state index is -0.990. The summed E-state index contributed by atoms with van der Waals surface area (Å²) in [6, 6.07) is 0. The van der Waals surface area contributed by atoms with Crippen molar-refractivity contribution in [2.24, 2.45) is 5.84 Å². The zero-order valence-corrected chi connectivity index (χ0v) is 14.9. The summed E-state index contributed by atoms with van der Waals surface area (Å²) >= 11 is 0. The van der Waals surface area contributed by atoms with Gasteiger partial charge in [0.1, 0.15) is 11.2 Å². The Morgan fingerprint density at radius 2 is 1.43 bits per heavy atom. The normalized spacial score (nSPS) is 11.7. The average Bonchev–Trinajstić information content (AvgIpc) is 2.33. The van der Waals surface area contributed by atoms with Gasteiger partial charge in [0.05, 0.1) is 6.61 Å². The number of hydrogen-bond donors (Lipinski definition) is 2. The Hall–Kier alpha value is -1.87. The van der Waals surface area contributed by atoms with Crippen LogP contribution in [0.15, 0.2) is 0 Å². The maximum atomic E-state index is 12.1. The van der Waals surface area contributed by atoms with Gasteiger partial charge in [0.25, 0.3) is 5.96 Å². The Kier molecular flexibility index (Phi) is 7.45. The van der Waals surface area contributed by atoms with Crippen molar-refractivity contribution in [3.05, 3.63) is 0 Å². The van der Waals surface area contributed by atoms with Crippen LogP contribution in [-0.2, 0) is 14.3 Å².